The molecule has 0 aliphatic heterocycles. The number of aliphatic carboxylic acids is 1. The van der Waals surface area contributed by atoms with Crippen LogP contribution in [0.25, 0.3) is 0 Å². The molecule has 0 fully saturated rings. The van der Waals surface area contributed by atoms with Crippen molar-refractivity contribution in [3.63, 3.8) is 0 Å². The van der Waals surface area contributed by atoms with E-state index in [4.69, 9.17) is 5.11 Å². The molecule has 0 aromatic carbocycles. The van der Waals surface area contributed by atoms with Crippen LogP contribution in [0.15, 0.2) is 11.6 Å². The summed E-state index contributed by atoms with van der Waals surface area (Å²) in [7, 11) is 0. The Bertz CT molecular complexity index is 223. The molecular weight excluding hydrogens is 164 g/mol. The summed E-state index contributed by atoms with van der Waals surface area (Å²) in [6.07, 6.45) is 1.83. The Hall–Kier alpha value is -0.790. The first kappa shape index (κ1) is 12.2. The molecule has 0 aliphatic carbocycles. The monoisotopic (exact) mass is 184 g/mol. The van der Waals surface area contributed by atoms with Gasteiger partial charge in [-0.3, -0.25) is 0 Å². The lowest BCUT2D eigenvalue weighted by Crippen LogP contribution is -2.20. The third kappa shape index (κ3) is 4.71. The van der Waals surface area contributed by atoms with Crippen LogP contribution in [-0.4, -0.2) is 11.1 Å². The first-order chi connectivity index (χ1) is 5.54. The van der Waals surface area contributed by atoms with Gasteiger partial charge in [-0.1, -0.05) is 47.6 Å². The number of carboxylic acid groups (broad SMARTS) is 1. The van der Waals surface area contributed by atoms with Gasteiger partial charge in [-0.05, 0) is 10.8 Å². The van der Waals surface area contributed by atoms with Crippen molar-refractivity contribution < 1.29 is 9.90 Å². The van der Waals surface area contributed by atoms with Gasteiger partial charge >= 0.3 is 5.97 Å². The molecule has 0 bridgehead atoms. The highest BCUT2D eigenvalue weighted by atomic mass is 16.4. The Morgan fingerprint density at radius 3 is 1.54 bits per heavy atom. The molecular formula is C11H20O2. The van der Waals surface area contributed by atoms with Gasteiger partial charge in [0.15, 0.2) is 0 Å². The van der Waals surface area contributed by atoms with Crippen LogP contribution in [0.5, 0.6) is 0 Å². The molecule has 0 aromatic rings. The van der Waals surface area contributed by atoms with E-state index >= 15 is 0 Å². The molecule has 0 saturated carbocycles. The molecule has 0 aromatic heterocycles. The number of rotatable bonds is 1. The van der Waals surface area contributed by atoms with Crippen molar-refractivity contribution in [2.24, 2.45) is 10.8 Å². The lowest BCUT2D eigenvalue weighted by molar-refractivity contribution is -0.133. The van der Waals surface area contributed by atoms with Crippen LogP contribution in [0.2, 0.25) is 0 Å². The van der Waals surface area contributed by atoms with Gasteiger partial charge in [-0.25, -0.2) is 4.79 Å². The Morgan fingerprint density at radius 2 is 1.46 bits per heavy atom. The maximum atomic E-state index is 11.0. The number of carbonyl (C=O) groups is 1. The van der Waals surface area contributed by atoms with E-state index in [1.165, 1.54) is 0 Å². The average Bonchev–Trinajstić information content (AvgIpc) is 1.77. The molecule has 76 valence electrons. The summed E-state index contributed by atoms with van der Waals surface area (Å²) in [6, 6.07) is 0. The van der Waals surface area contributed by atoms with Crippen molar-refractivity contribution in [2.75, 3.05) is 0 Å². The Labute approximate surface area is 80.7 Å². The molecule has 1 N–H and O–H groups in total. The quantitative estimate of drug-likeness (QED) is 0.636. The Balaban J connectivity index is 5.06. The summed E-state index contributed by atoms with van der Waals surface area (Å²) in [5, 5.41) is 9.00. The topological polar surface area (TPSA) is 37.3 Å². The molecule has 0 atom stereocenters. The highest BCUT2D eigenvalue weighted by molar-refractivity contribution is 5.88. The van der Waals surface area contributed by atoms with Crippen molar-refractivity contribution in [3.05, 3.63) is 11.6 Å². The van der Waals surface area contributed by atoms with Gasteiger partial charge in [0.2, 0.25) is 0 Å². The Morgan fingerprint density at radius 1 is 1.08 bits per heavy atom. The molecule has 0 heterocycles. The summed E-state index contributed by atoms with van der Waals surface area (Å²) in [5.41, 5.74) is 0.111. The van der Waals surface area contributed by atoms with Gasteiger partial charge in [-0.2, -0.15) is 0 Å². The van der Waals surface area contributed by atoms with Crippen molar-refractivity contribution in [2.45, 2.75) is 41.5 Å². The van der Waals surface area contributed by atoms with Crippen LogP contribution in [-0.2, 0) is 4.79 Å². The minimum atomic E-state index is -0.817. The smallest absolute Gasteiger partial charge is 0.331 e. The molecule has 0 unspecified atom stereocenters. The molecule has 0 rings (SSSR count). The van der Waals surface area contributed by atoms with Crippen LogP contribution >= 0.6 is 0 Å². The van der Waals surface area contributed by atoms with Crippen molar-refractivity contribution in [1.29, 1.82) is 0 Å². The molecule has 0 radical (unpaired) electrons. The van der Waals surface area contributed by atoms with Gasteiger partial charge in [0.1, 0.15) is 0 Å². The minimum Gasteiger partial charge on any atom is -0.478 e. The molecule has 0 spiro atoms. The van der Waals surface area contributed by atoms with Gasteiger partial charge in [0.25, 0.3) is 0 Å². The zero-order chi connectivity index (χ0) is 10.9. The maximum absolute atomic E-state index is 11.0. The molecule has 13 heavy (non-hydrogen) atoms. The van der Waals surface area contributed by atoms with Gasteiger partial charge < -0.3 is 5.11 Å². The van der Waals surface area contributed by atoms with Crippen LogP contribution in [0, 0.1) is 10.8 Å². The molecule has 2 heteroatoms. The fraction of sp³-hybridized carbons (Fsp3) is 0.727. The third-order valence-electron chi connectivity index (χ3n) is 1.62. The van der Waals surface area contributed by atoms with Gasteiger partial charge in [0.05, 0.1) is 0 Å². The fourth-order valence-corrected chi connectivity index (χ4v) is 1.03. The fourth-order valence-electron chi connectivity index (χ4n) is 1.03. The Kier molecular flexibility index (Phi) is 3.31. The predicted octanol–water partition coefficient (Wildman–Crippen LogP) is 3.09. The number of carboxylic acids is 1. The van der Waals surface area contributed by atoms with E-state index in [0.717, 1.165) is 0 Å². The van der Waals surface area contributed by atoms with Gasteiger partial charge in [0, 0.05) is 5.57 Å². The summed E-state index contributed by atoms with van der Waals surface area (Å²) >= 11 is 0. The van der Waals surface area contributed by atoms with E-state index in [1.54, 1.807) is 0 Å². The zero-order valence-electron chi connectivity index (χ0n) is 9.43. The van der Waals surface area contributed by atoms with E-state index in [9.17, 15) is 4.79 Å². The zero-order valence-corrected chi connectivity index (χ0v) is 9.43. The van der Waals surface area contributed by atoms with E-state index in [1.807, 2.05) is 47.6 Å². The highest BCUT2D eigenvalue weighted by Gasteiger charge is 2.25. The molecule has 2 nitrogen and oxygen atoms in total. The van der Waals surface area contributed by atoms with Crippen molar-refractivity contribution in [1.82, 2.24) is 0 Å². The molecule has 0 amide bonds. The standard InChI is InChI=1S/C11H20O2/c1-10(2,3)7-8(9(12)13)11(4,5)6/h7H,1-6H3,(H,12,13)/b8-7-. The number of hydrogen-bond acceptors (Lipinski definition) is 1. The number of allylic oxidation sites excluding steroid dienone is 1. The van der Waals surface area contributed by atoms with E-state index in [2.05, 4.69) is 0 Å². The molecule has 0 aliphatic rings. The van der Waals surface area contributed by atoms with Gasteiger partial charge in [-0.15, -0.1) is 0 Å². The van der Waals surface area contributed by atoms with E-state index in [0.29, 0.717) is 5.57 Å². The average molecular weight is 184 g/mol. The summed E-state index contributed by atoms with van der Waals surface area (Å²) in [4.78, 5) is 11.0. The lowest BCUT2D eigenvalue weighted by atomic mass is 9.81. The second-order valence-corrected chi connectivity index (χ2v) is 5.48. The van der Waals surface area contributed by atoms with Crippen LogP contribution in [0.4, 0.5) is 0 Å². The lowest BCUT2D eigenvalue weighted by Gasteiger charge is -2.23. The molecule has 0 saturated heterocycles. The second kappa shape index (κ2) is 3.52. The van der Waals surface area contributed by atoms with E-state index in [-0.39, 0.29) is 10.8 Å². The normalized spacial score (nSPS) is 14.5. The predicted molar refractivity (Wildman–Crippen MR) is 54.6 cm³/mol. The van der Waals surface area contributed by atoms with Crippen LogP contribution in [0.3, 0.4) is 0 Å². The highest BCUT2D eigenvalue weighted by Crippen LogP contribution is 2.29. The summed E-state index contributed by atoms with van der Waals surface area (Å²) in [6.45, 7) is 11.8. The SMILES string of the molecule is CC(C)(C)/C=C(/C(=O)O)C(C)(C)C. The van der Waals surface area contributed by atoms with E-state index < -0.39 is 5.97 Å². The van der Waals surface area contributed by atoms with Crippen molar-refractivity contribution in [3.8, 4) is 0 Å². The van der Waals surface area contributed by atoms with Crippen LogP contribution in [0.1, 0.15) is 41.5 Å². The summed E-state index contributed by atoms with van der Waals surface area (Å²) < 4.78 is 0. The third-order valence-corrected chi connectivity index (χ3v) is 1.62. The second-order valence-electron chi connectivity index (χ2n) is 5.48. The van der Waals surface area contributed by atoms with Crippen molar-refractivity contribution >= 4 is 5.97 Å². The maximum Gasteiger partial charge on any atom is 0.331 e. The first-order valence-corrected chi connectivity index (χ1v) is 4.51. The summed E-state index contributed by atoms with van der Waals surface area (Å²) in [5.74, 6) is -0.817. The number of hydrogen-bond donors (Lipinski definition) is 1. The largest absolute Gasteiger partial charge is 0.478 e. The van der Waals surface area contributed by atoms with Crippen LogP contribution < -0.4 is 0 Å². The first-order valence-electron chi connectivity index (χ1n) is 4.51. The minimum absolute atomic E-state index is 0.0823.